The maximum Gasteiger partial charge on any atom is 0.239 e. The van der Waals surface area contributed by atoms with Gasteiger partial charge >= 0.3 is 0 Å². The van der Waals surface area contributed by atoms with Gasteiger partial charge < -0.3 is 10.6 Å². The number of hydrogen-bond donors (Lipinski definition) is 3. The summed E-state index contributed by atoms with van der Waals surface area (Å²) in [6, 6.07) is 7.66. The summed E-state index contributed by atoms with van der Waals surface area (Å²) in [6.07, 6.45) is 0. The molecule has 5 nitrogen and oxygen atoms in total. The van der Waals surface area contributed by atoms with Crippen LogP contribution < -0.4 is 16.0 Å². The van der Waals surface area contributed by atoms with E-state index in [1.807, 2.05) is 31.2 Å². The van der Waals surface area contributed by atoms with Crippen molar-refractivity contribution in [3.63, 3.8) is 0 Å². The molecule has 1 aliphatic rings. The number of piperazine rings is 1. The number of rotatable bonds is 3. The fourth-order valence-corrected chi connectivity index (χ4v) is 1.89. The van der Waals surface area contributed by atoms with E-state index in [1.54, 1.807) is 0 Å². The van der Waals surface area contributed by atoms with E-state index >= 15 is 0 Å². The molecule has 5 heteroatoms. The third-order valence-electron chi connectivity index (χ3n) is 2.88. The molecule has 0 spiro atoms. The summed E-state index contributed by atoms with van der Waals surface area (Å²) >= 11 is 0. The number of aryl methyl sites for hydroxylation is 1. The molecule has 1 aliphatic heterocycles. The average Bonchev–Trinajstić information content (AvgIpc) is 2.37. The van der Waals surface area contributed by atoms with Gasteiger partial charge in [0.15, 0.2) is 0 Å². The van der Waals surface area contributed by atoms with E-state index in [4.69, 9.17) is 0 Å². The van der Waals surface area contributed by atoms with Crippen molar-refractivity contribution >= 4 is 11.8 Å². The molecular formula is C13H17N3O2. The van der Waals surface area contributed by atoms with Gasteiger partial charge in [-0.2, -0.15) is 0 Å². The Bertz CT molecular complexity index is 449. The quantitative estimate of drug-likeness (QED) is 0.687. The number of nitrogens with one attached hydrogen (secondary N) is 3. The molecule has 18 heavy (non-hydrogen) atoms. The maximum atomic E-state index is 11.8. The summed E-state index contributed by atoms with van der Waals surface area (Å²) in [4.78, 5) is 22.8. The number of carbonyl (C=O) groups is 2. The van der Waals surface area contributed by atoms with E-state index < -0.39 is 0 Å². The van der Waals surface area contributed by atoms with Gasteiger partial charge in [0.25, 0.3) is 0 Å². The zero-order chi connectivity index (χ0) is 13.0. The van der Waals surface area contributed by atoms with Crippen LogP contribution in [0.5, 0.6) is 0 Å². The Morgan fingerprint density at radius 1 is 1.50 bits per heavy atom. The van der Waals surface area contributed by atoms with Gasteiger partial charge in [0.2, 0.25) is 11.8 Å². The molecule has 1 saturated heterocycles. The molecule has 1 aromatic carbocycles. The largest absolute Gasteiger partial charge is 0.353 e. The second-order valence-corrected chi connectivity index (χ2v) is 4.44. The van der Waals surface area contributed by atoms with E-state index in [-0.39, 0.29) is 24.4 Å². The second-order valence-electron chi connectivity index (χ2n) is 4.44. The fraction of sp³-hybridized carbons (Fsp3) is 0.385. The van der Waals surface area contributed by atoms with Gasteiger partial charge in [-0.25, -0.2) is 0 Å². The lowest BCUT2D eigenvalue weighted by Crippen LogP contribution is -2.57. The van der Waals surface area contributed by atoms with Crippen molar-refractivity contribution in [1.82, 2.24) is 16.0 Å². The Kier molecular flexibility index (Phi) is 3.94. The third kappa shape index (κ3) is 3.30. The van der Waals surface area contributed by atoms with Crippen molar-refractivity contribution in [3.05, 3.63) is 35.4 Å². The molecule has 96 valence electrons. The zero-order valence-electron chi connectivity index (χ0n) is 10.3. The minimum atomic E-state index is -0.340. The highest BCUT2D eigenvalue weighted by Crippen LogP contribution is 2.03. The molecule has 0 saturated carbocycles. The molecule has 1 fully saturated rings. The Hall–Kier alpha value is -1.88. The van der Waals surface area contributed by atoms with E-state index in [2.05, 4.69) is 16.0 Å². The van der Waals surface area contributed by atoms with Crippen LogP contribution in [-0.2, 0) is 16.1 Å². The summed E-state index contributed by atoms with van der Waals surface area (Å²) in [5, 5.41) is 8.41. The molecule has 2 amide bonds. The van der Waals surface area contributed by atoms with E-state index in [0.29, 0.717) is 13.1 Å². The number of hydrogen-bond acceptors (Lipinski definition) is 3. The molecule has 1 unspecified atom stereocenters. The molecule has 3 N–H and O–H groups in total. The summed E-state index contributed by atoms with van der Waals surface area (Å²) in [7, 11) is 0. The lowest BCUT2D eigenvalue weighted by atomic mass is 10.1. The van der Waals surface area contributed by atoms with E-state index in [9.17, 15) is 9.59 Å². The number of benzene rings is 1. The van der Waals surface area contributed by atoms with Gasteiger partial charge in [-0.05, 0) is 12.5 Å². The predicted molar refractivity (Wildman–Crippen MR) is 67.8 cm³/mol. The Morgan fingerprint density at radius 2 is 2.33 bits per heavy atom. The Balaban J connectivity index is 1.83. The smallest absolute Gasteiger partial charge is 0.239 e. The summed E-state index contributed by atoms with van der Waals surface area (Å²) in [5.41, 5.74) is 2.24. The standard InChI is InChI=1S/C13H17N3O2/c1-9-3-2-4-10(5-9)6-16-13(18)11-7-15-12(17)8-14-11/h2-5,11,14H,6-8H2,1H3,(H,15,17)(H,16,18). The zero-order valence-corrected chi connectivity index (χ0v) is 10.3. The van der Waals surface area contributed by atoms with Crippen molar-refractivity contribution in [1.29, 1.82) is 0 Å². The summed E-state index contributed by atoms with van der Waals surface area (Å²) < 4.78 is 0. The average molecular weight is 247 g/mol. The molecule has 0 aliphatic carbocycles. The minimum absolute atomic E-state index is 0.0715. The molecule has 0 bridgehead atoms. The van der Waals surface area contributed by atoms with Crippen molar-refractivity contribution < 1.29 is 9.59 Å². The molecule has 0 aromatic heterocycles. The number of amides is 2. The van der Waals surface area contributed by atoms with Crippen LogP contribution in [0.15, 0.2) is 24.3 Å². The highest BCUT2D eigenvalue weighted by atomic mass is 16.2. The highest BCUT2D eigenvalue weighted by molar-refractivity contribution is 5.86. The van der Waals surface area contributed by atoms with Crippen LogP contribution in [0.2, 0.25) is 0 Å². The van der Waals surface area contributed by atoms with Gasteiger partial charge in [0.1, 0.15) is 6.04 Å². The van der Waals surface area contributed by atoms with E-state index in [0.717, 1.165) is 5.56 Å². The molecule has 0 radical (unpaired) electrons. The van der Waals surface area contributed by atoms with Crippen molar-refractivity contribution in [2.24, 2.45) is 0 Å². The molecular weight excluding hydrogens is 230 g/mol. The first-order chi connectivity index (χ1) is 8.65. The van der Waals surface area contributed by atoms with Gasteiger partial charge in [0, 0.05) is 13.1 Å². The first-order valence-corrected chi connectivity index (χ1v) is 5.98. The first kappa shape index (κ1) is 12.6. The lowest BCUT2D eigenvalue weighted by Gasteiger charge is -2.23. The topological polar surface area (TPSA) is 70.2 Å². The van der Waals surface area contributed by atoms with Crippen LogP contribution in [0.1, 0.15) is 11.1 Å². The van der Waals surface area contributed by atoms with Crippen LogP contribution in [0, 0.1) is 6.92 Å². The van der Waals surface area contributed by atoms with Crippen molar-refractivity contribution in [2.75, 3.05) is 13.1 Å². The van der Waals surface area contributed by atoms with Crippen LogP contribution >= 0.6 is 0 Å². The second kappa shape index (κ2) is 5.64. The monoisotopic (exact) mass is 247 g/mol. The summed E-state index contributed by atoms with van der Waals surface area (Å²) in [5.74, 6) is -0.158. The summed E-state index contributed by atoms with van der Waals surface area (Å²) in [6.45, 7) is 3.07. The normalized spacial score (nSPS) is 19.2. The van der Waals surface area contributed by atoms with Crippen LogP contribution in [0.25, 0.3) is 0 Å². The number of carbonyl (C=O) groups excluding carboxylic acids is 2. The van der Waals surface area contributed by atoms with Crippen molar-refractivity contribution in [3.8, 4) is 0 Å². The van der Waals surface area contributed by atoms with Crippen LogP contribution in [0.3, 0.4) is 0 Å². The Morgan fingerprint density at radius 3 is 3.00 bits per heavy atom. The first-order valence-electron chi connectivity index (χ1n) is 5.98. The lowest BCUT2D eigenvalue weighted by molar-refractivity contribution is -0.126. The van der Waals surface area contributed by atoms with Gasteiger partial charge in [0.05, 0.1) is 6.54 Å². The molecule has 1 heterocycles. The predicted octanol–water partition coefficient (Wildman–Crippen LogP) is -0.301. The third-order valence-corrected chi connectivity index (χ3v) is 2.88. The highest BCUT2D eigenvalue weighted by Gasteiger charge is 2.23. The minimum Gasteiger partial charge on any atom is -0.353 e. The van der Waals surface area contributed by atoms with Crippen LogP contribution in [0.4, 0.5) is 0 Å². The SMILES string of the molecule is Cc1cccc(CNC(=O)C2CNC(=O)CN2)c1. The molecule has 2 rings (SSSR count). The van der Waals surface area contributed by atoms with Gasteiger partial charge in [-0.1, -0.05) is 29.8 Å². The Labute approximate surface area is 106 Å². The van der Waals surface area contributed by atoms with Gasteiger partial charge in [-0.3, -0.25) is 14.9 Å². The van der Waals surface area contributed by atoms with Crippen LogP contribution in [-0.4, -0.2) is 30.9 Å². The van der Waals surface area contributed by atoms with Gasteiger partial charge in [-0.15, -0.1) is 0 Å². The molecule has 1 atom stereocenters. The molecule has 1 aromatic rings. The fourth-order valence-electron chi connectivity index (χ4n) is 1.89. The van der Waals surface area contributed by atoms with Crippen molar-refractivity contribution in [2.45, 2.75) is 19.5 Å². The maximum absolute atomic E-state index is 11.8. The van der Waals surface area contributed by atoms with E-state index in [1.165, 1.54) is 5.56 Å².